The van der Waals surface area contributed by atoms with Crippen molar-refractivity contribution < 1.29 is 19.1 Å². The first-order chi connectivity index (χ1) is 23.5. The topological polar surface area (TPSA) is 137 Å². The van der Waals surface area contributed by atoms with Crippen LogP contribution in [0.1, 0.15) is 54.5 Å². The van der Waals surface area contributed by atoms with Crippen molar-refractivity contribution in [2.45, 2.75) is 52.7 Å². The highest BCUT2D eigenvalue weighted by Gasteiger charge is 2.35. The normalized spacial score (nSPS) is 13.4. The number of anilines is 2. The van der Waals surface area contributed by atoms with Crippen molar-refractivity contribution >= 4 is 39.6 Å². The molecule has 0 bridgehead atoms. The van der Waals surface area contributed by atoms with Gasteiger partial charge in [0.1, 0.15) is 22.7 Å². The number of aromatic nitrogens is 3. The number of carbonyl (C=O) groups excluding carboxylic acids is 1. The Morgan fingerprint density at radius 1 is 1.04 bits per heavy atom. The number of fused-ring (bicyclic) bond motifs is 2. The van der Waals surface area contributed by atoms with Gasteiger partial charge in [0.25, 0.3) is 0 Å². The minimum atomic E-state index is -0.521. The van der Waals surface area contributed by atoms with E-state index in [0.29, 0.717) is 47.0 Å². The first-order valence-electron chi connectivity index (χ1n) is 16.2. The van der Waals surface area contributed by atoms with E-state index in [4.69, 9.17) is 19.1 Å². The molecule has 1 fully saturated rings. The van der Waals surface area contributed by atoms with E-state index in [1.54, 1.807) is 23.2 Å². The van der Waals surface area contributed by atoms with Crippen LogP contribution in [-0.2, 0) is 11.3 Å². The lowest BCUT2D eigenvalue weighted by Gasteiger charge is -2.39. The van der Waals surface area contributed by atoms with Gasteiger partial charge in [-0.05, 0) is 104 Å². The Morgan fingerprint density at radius 3 is 2.51 bits per heavy atom. The van der Waals surface area contributed by atoms with Gasteiger partial charge in [0.2, 0.25) is 5.89 Å². The lowest BCUT2D eigenvalue weighted by atomic mass is 9.92. The number of benzene rings is 3. The summed E-state index contributed by atoms with van der Waals surface area (Å²) < 4.78 is 11.6. The number of amides is 1. The van der Waals surface area contributed by atoms with Crippen molar-refractivity contribution in [1.82, 2.24) is 19.9 Å². The fraction of sp³-hybridized carbons (Fsp3) is 0.256. The van der Waals surface area contributed by atoms with E-state index >= 15 is 0 Å². The van der Waals surface area contributed by atoms with E-state index in [1.165, 1.54) is 0 Å². The summed E-state index contributed by atoms with van der Waals surface area (Å²) in [5.41, 5.74) is 8.99. The molecular weight excluding hydrogens is 616 g/mol. The van der Waals surface area contributed by atoms with E-state index < -0.39 is 5.60 Å². The Labute approximate surface area is 284 Å². The van der Waals surface area contributed by atoms with Crippen molar-refractivity contribution in [3.8, 4) is 28.7 Å². The van der Waals surface area contributed by atoms with Crippen LogP contribution in [0.2, 0.25) is 0 Å². The second kappa shape index (κ2) is 12.3. The van der Waals surface area contributed by atoms with Crippen LogP contribution in [-0.4, -0.2) is 49.7 Å². The van der Waals surface area contributed by atoms with Gasteiger partial charge in [-0.1, -0.05) is 24.3 Å². The number of nitriles is 1. The van der Waals surface area contributed by atoms with Crippen LogP contribution in [0.4, 0.5) is 16.3 Å². The molecule has 246 valence electrons. The van der Waals surface area contributed by atoms with Crippen molar-refractivity contribution in [2.24, 2.45) is 0 Å². The second-order valence-corrected chi connectivity index (χ2v) is 13.4. The SMILES string of the molecule is Cc1c(Nc2nccc3cc(C4CN(C(=O)OC(C)(C)C)C4)cnc23)cccc1-c1cccc(-c2nc3cc(CO)cc(C#N)c3o2)c1C. The van der Waals surface area contributed by atoms with Crippen molar-refractivity contribution in [1.29, 1.82) is 5.26 Å². The molecular formula is C39H36N6O4. The Kier molecular flexibility index (Phi) is 8.01. The molecule has 10 heteroatoms. The molecule has 0 aliphatic carbocycles. The maximum absolute atomic E-state index is 12.4. The van der Waals surface area contributed by atoms with Gasteiger partial charge in [0, 0.05) is 48.0 Å². The van der Waals surface area contributed by atoms with Crippen LogP contribution < -0.4 is 5.32 Å². The van der Waals surface area contributed by atoms with Gasteiger partial charge in [-0.3, -0.25) is 4.98 Å². The third-order valence-electron chi connectivity index (χ3n) is 8.92. The highest BCUT2D eigenvalue weighted by atomic mass is 16.6. The maximum Gasteiger partial charge on any atom is 0.410 e. The average molecular weight is 653 g/mol. The van der Waals surface area contributed by atoms with Gasteiger partial charge in [0.15, 0.2) is 11.4 Å². The largest absolute Gasteiger partial charge is 0.444 e. The Bertz CT molecular complexity index is 2290. The zero-order valence-corrected chi connectivity index (χ0v) is 28.0. The number of nitrogens with zero attached hydrogens (tertiary/aromatic N) is 5. The molecule has 10 nitrogen and oxygen atoms in total. The van der Waals surface area contributed by atoms with Crippen LogP contribution in [0, 0.1) is 25.2 Å². The molecule has 0 spiro atoms. The van der Waals surface area contributed by atoms with Crippen LogP contribution in [0.25, 0.3) is 44.6 Å². The smallest absolute Gasteiger partial charge is 0.410 e. The predicted molar refractivity (Wildman–Crippen MR) is 188 cm³/mol. The number of aliphatic hydroxyl groups is 1. The molecule has 49 heavy (non-hydrogen) atoms. The van der Waals surface area contributed by atoms with E-state index in [1.807, 2.05) is 64.2 Å². The molecule has 1 aliphatic heterocycles. The molecule has 0 saturated carbocycles. The van der Waals surface area contributed by atoms with Gasteiger partial charge in [-0.2, -0.15) is 5.26 Å². The third kappa shape index (κ3) is 6.05. The summed E-state index contributed by atoms with van der Waals surface area (Å²) in [7, 11) is 0. The zero-order chi connectivity index (χ0) is 34.4. The fourth-order valence-corrected chi connectivity index (χ4v) is 6.29. The predicted octanol–water partition coefficient (Wildman–Crippen LogP) is 8.16. The monoisotopic (exact) mass is 652 g/mol. The summed E-state index contributed by atoms with van der Waals surface area (Å²) >= 11 is 0. The number of hydrogen-bond donors (Lipinski definition) is 2. The summed E-state index contributed by atoms with van der Waals surface area (Å²) in [5, 5.41) is 23.8. The molecule has 1 amide bonds. The summed E-state index contributed by atoms with van der Waals surface area (Å²) in [6, 6.07) is 21.7. The number of oxazole rings is 1. The molecule has 2 N–H and O–H groups in total. The number of rotatable bonds is 6. The van der Waals surface area contributed by atoms with Crippen LogP contribution in [0.15, 0.2) is 77.5 Å². The van der Waals surface area contributed by atoms with E-state index in [0.717, 1.165) is 50.0 Å². The molecule has 7 rings (SSSR count). The molecule has 1 aliphatic rings. The zero-order valence-electron chi connectivity index (χ0n) is 28.0. The van der Waals surface area contributed by atoms with Gasteiger partial charge >= 0.3 is 6.09 Å². The average Bonchev–Trinajstić information content (AvgIpc) is 3.48. The molecule has 3 aromatic carbocycles. The van der Waals surface area contributed by atoms with Crippen molar-refractivity contribution in [3.05, 3.63) is 101 Å². The van der Waals surface area contributed by atoms with Crippen LogP contribution in [0.3, 0.4) is 0 Å². The minimum absolute atomic E-state index is 0.187. The number of likely N-dealkylation sites (tertiary alicyclic amines) is 1. The van der Waals surface area contributed by atoms with Crippen molar-refractivity contribution in [2.75, 3.05) is 18.4 Å². The third-order valence-corrected chi connectivity index (χ3v) is 8.92. The summed E-state index contributed by atoms with van der Waals surface area (Å²) in [4.78, 5) is 28.3. The quantitative estimate of drug-likeness (QED) is 0.182. The first-order valence-corrected chi connectivity index (χ1v) is 16.2. The molecule has 4 heterocycles. The van der Waals surface area contributed by atoms with Gasteiger partial charge in [0.05, 0.1) is 12.2 Å². The number of hydrogen-bond acceptors (Lipinski definition) is 9. The fourth-order valence-electron chi connectivity index (χ4n) is 6.29. The Morgan fingerprint density at radius 2 is 1.78 bits per heavy atom. The maximum atomic E-state index is 12.4. The van der Waals surface area contributed by atoms with E-state index in [-0.39, 0.29) is 18.6 Å². The lowest BCUT2D eigenvalue weighted by molar-refractivity contribution is 0.00817. The van der Waals surface area contributed by atoms with Crippen LogP contribution >= 0.6 is 0 Å². The van der Waals surface area contributed by atoms with E-state index in [9.17, 15) is 15.2 Å². The van der Waals surface area contributed by atoms with E-state index in [2.05, 4.69) is 41.5 Å². The molecule has 0 atom stereocenters. The number of pyridine rings is 2. The number of aliphatic hydroxyl groups excluding tert-OH is 1. The van der Waals surface area contributed by atoms with Crippen molar-refractivity contribution in [3.63, 3.8) is 0 Å². The molecule has 0 radical (unpaired) electrons. The number of ether oxygens (including phenoxy) is 1. The highest BCUT2D eigenvalue weighted by Crippen LogP contribution is 2.38. The van der Waals surface area contributed by atoms with Crippen LogP contribution in [0.5, 0.6) is 0 Å². The van der Waals surface area contributed by atoms with Gasteiger partial charge < -0.3 is 24.5 Å². The Hall–Kier alpha value is -5.79. The molecule has 3 aromatic heterocycles. The van der Waals surface area contributed by atoms with Gasteiger partial charge in [-0.15, -0.1) is 0 Å². The lowest BCUT2D eigenvalue weighted by Crippen LogP contribution is -2.50. The molecule has 0 unspecified atom stereocenters. The number of nitrogens with one attached hydrogen (secondary N) is 1. The number of carbonyl (C=O) groups is 1. The first kappa shape index (κ1) is 31.8. The summed E-state index contributed by atoms with van der Waals surface area (Å²) in [6.07, 6.45) is 3.37. The molecule has 6 aromatic rings. The minimum Gasteiger partial charge on any atom is -0.444 e. The van der Waals surface area contributed by atoms with Gasteiger partial charge in [-0.25, -0.2) is 14.8 Å². The highest BCUT2D eigenvalue weighted by molar-refractivity contribution is 5.91. The summed E-state index contributed by atoms with van der Waals surface area (Å²) in [6.45, 7) is 10.7. The standard InChI is InChI=1S/C39H36N6O4/c1-22-29(8-6-10-31(22)37-44-33-15-24(21-46)14-26(17-40)35(33)48-37)30-9-7-11-32(23(30)2)43-36-34-25(12-13-41-36)16-27(18-42-34)28-19-45(20-28)38(47)49-39(3,4)5/h6-16,18,28,46H,19-21H2,1-5H3,(H,41,43). The molecule has 1 saturated heterocycles. The second-order valence-electron chi connectivity index (χ2n) is 13.4. The Balaban J connectivity index is 1.15. The summed E-state index contributed by atoms with van der Waals surface area (Å²) in [5.74, 6) is 1.27.